The van der Waals surface area contributed by atoms with Crippen LogP contribution >= 0.6 is 0 Å². The van der Waals surface area contributed by atoms with Crippen molar-refractivity contribution >= 4 is 17.7 Å². The van der Waals surface area contributed by atoms with Crippen LogP contribution in [0.3, 0.4) is 0 Å². The van der Waals surface area contributed by atoms with E-state index in [0.717, 1.165) is 12.1 Å². The van der Waals surface area contributed by atoms with Crippen molar-refractivity contribution in [1.29, 1.82) is 0 Å². The Hall–Kier alpha value is -2.24. The van der Waals surface area contributed by atoms with Gasteiger partial charge in [-0.05, 0) is 25.1 Å². The summed E-state index contributed by atoms with van der Waals surface area (Å²) in [7, 11) is 0. The number of aryl methyl sites for hydroxylation is 1. The van der Waals surface area contributed by atoms with Gasteiger partial charge in [0.15, 0.2) is 0 Å². The number of nitrogens with zero attached hydrogens (tertiary/aromatic N) is 1. The van der Waals surface area contributed by atoms with Crippen LogP contribution in [0.25, 0.3) is 6.08 Å². The lowest BCUT2D eigenvalue weighted by Gasteiger charge is -2.02. The Bertz CT molecular complexity index is 482. The lowest BCUT2D eigenvalue weighted by molar-refractivity contribution is -0.385. The first-order valence-electron chi connectivity index (χ1n) is 4.28. The predicted octanol–water partition coefficient (Wildman–Crippen LogP) is 2.14. The summed E-state index contributed by atoms with van der Waals surface area (Å²) in [5.74, 6) is -2.12. The van der Waals surface area contributed by atoms with E-state index in [9.17, 15) is 19.3 Å². The maximum atomic E-state index is 13.3. The van der Waals surface area contributed by atoms with E-state index in [2.05, 4.69) is 0 Å². The third-order valence-electron chi connectivity index (χ3n) is 1.94. The van der Waals surface area contributed by atoms with Gasteiger partial charge in [0, 0.05) is 11.6 Å². The van der Waals surface area contributed by atoms with Crippen LogP contribution in [0.15, 0.2) is 18.2 Å². The number of hydrogen-bond donors (Lipinski definition) is 1. The molecule has 84 valence electrons. The quantitative estimate of drug-likeness (QED) is 0.485. The lowest BCUT2D eigenvalue weighted by atomic mass is 10.1. The third-order valence-corrected chi connectivity index (χ3v) is 1.94. The zero-order valence-electron chi connectivity index (χ0n) is 8.31. The van der Waals surface area contributed by atoms with E-state index in [4.69, 9.17) is 5.11 Å². The Labute approximate surface area is 90.0 Å². The Kier molecular flexibility index (Phi) is 3.34. The first-order valence-corrected chi connectivity index (χ1v) is 4.28. The van der Waals surface area contributed by atoms with Gasteiger partial charge in [-0.1, -0.05) is 0 Å². The number of aliphatic carboxylic acids is 1. The number of hydrogen-bond acceptors (Lipinski definition) is 3. The van der Waals surface area contributed by atoms with Crippen molar-refractivity contribution in [3.05, 3.63) is 45.3 Å². The van der Waals surface area contributed by atoms with Gasteiger partial charge in [0.1, 0.15) is 5.82 Å². The number of carboxylic acids is 1. The number of benzene rings is 1. The maximum absolute atomic E-state index is 13.3. The van der Waals surface area contributed by atoms with Crippen LogP contribution in [0.2, 0.25) is 0 Å². The second kappa shape index (κ2) is 4.52. The lowest BCUT2D eigenvalue weighted by Crippen LogP contribution is -1.98. The fourth-order valence-electron chi connectivity index (χ4n) is 1.25. The Morgan fingerprint density at radius 2 is 2.19 bits per heavy atom. The van der Waals surface area contributed by atoms with Gasteiger partial charge in [0.05, 0.1) is 10.5 Å². The summed E-state index contributed by atoms with van der Waals surface area (Å²) < 4.78 is 13.3. The predicted molar refractivity (Wildman–Crippen MR) is 54.5 cm³/mol. The molecular weight excluding hydrogens is 217 g/mol. The van der Waals surface area contributed by atoms with Gasteiger partial charge in [0.2, 0.25) is 0 Å². The standard InChI is InChI=1S/C10H8FNO4/c1-6-2-4-8(11)7(3-5-9(13)14)10(6)12(15)16/h2-5H,1H3,(H,13,14)/b5-3+. The number of nitro groups is 1. The van der Waals surface area contributed by atoms with Crippen molar-refractivity contribution in [2.24, 2.45) is 0 Å². The van der Waals surface area contributed by atoms with E-state index < -0.39 is 22.4 Å². The van der Waals surface area contributed by atoms with E-state index in [1.54, 1.807) is 0 Å². The average molecular weight is 225 g/mol. The molecule has 0 heterocycles. The summed E-state index contributed by atoms with van der Waals surface area (Å²) in [6, 6.07) is 2.33. The number of carboxylic acid groups (broad SMARTS) is 1. The molecule has 0 aromatic heterocycles. The SMILES string of the molecule is Cc1ccc(F)c(/C=C/C(=O)O)c1[N+](=O)[O-]. The highest BCUT2D eigenvalue weighted by Crippen LogP contribution is 2.26. The van der Waals surface area contributed by atoms with Crippen molar-refractivity contribution < 1.29 is 19.2 Å². The molecule has 6 heteroatoms. The summed E-state index contributed by atoms with van der Waals surface area (Å²) in [6.45, 7) is 1.45. The first-order chi connectivity index (χ1) is 7.43. The molecule has 0 amide bonds. The van der Waals surface area contributed by atoms with Crippen LogP contribution in [0.4, 0.5) is 10.1 Å². The molecule has 0 aliphatic rings. The molecule has 0 fully saturated rings. The molecule has 0 unspecified atom stereocenters. The molecule has 0 atom stereocenters. The molecule has 0 saturated carbocycles. The smallest absolute Gasteiger partial charge is 0.328 e. The van der Waals surface area contributed by atoms with Gasteiger partial charge in [-0.3, -0.25) is 10.1 Å². The molecule has 1 aromatic carbocycles. The second-order valence-corrected chi connectivity index (χ2v) is 3.06. The van der Waals surface area contributed by atoms with E-state index in [0.29, 0.717) is 6.08 Å². The summed E-state index contributed by atoms with van der Waals surface area (Å²) in [6.07, 6.45) is 1.54. The minimum Gasteiger partial charge on any atom is -0.478 e. The Morgan fingerprint density at radius 3 is 2.69 bits per heavy atom. The monoisotopic (exact) mass is 225 g/mol. The second-order valence-electron chi connectivity index (χ2n) is 3.06. The summed E-state index contributed by atoms with van der Waals surface area (Å²) in [4.78, 5) is 20.2. The molecule has 0 aliphatic heterocycles. The van der Waals surface area contributed by atoms with Crippen molar-refractivity contribution in [3.8, 4) is 0 Å². The molecule has 1 N–H and O–H groups in total. The minimum absolute atomic E-state index is 0.274. The molecule has 0 saturated heterocycles. The normalized spacial score (nSPS) is 10.6. The third kappa shape index (κ3) is 2.41. The van der Waals surface area contributed by atoms with Crippen LogP contribution in [-0.4, -0.2) is 16.0 Å². The van der Waals surface area contributed by atoms with Crippen LogP contribution in [0.5, 0.6) is 0 Å². The van der Waals surface area contributed by atoms with E-state index >= 15 is 0 Å². The highest BCUT2D eigenvalue weighted by molar-refractivity contribution is 5.86. The Morgan fingerprint density at radius 1 is 1.56 bits per heavy atom. The van der Waals surface area contributed by atoms with E-state index in [1.807, 2.05) is 0 Å². The van der Waals surface area contributed by atoms with Gasteiger partial charge < -0.3 is 5.11 Å². The van der Waals surface area contributed by atoms with Gasteiger partial charge in [-0.15, -0.1) is 0 Å². The molecule has 1 rings (SSSR count). The molecule has 0 bridgehead atoms. The van der Waals surface area contributed by atoms with Crippen molar-refractivity contribution in [2.75, 3.05) is 0 Å². The minimum atomic E-state index is -1.30. The Balaban J connectivity index is 3.40. The first kappa shape index (κ1) is 11.8. The number of halogens is 1. The molecule has 1 aromatic rings. The summed E-state index contributed by atoms with van der Waals surface area (Å²) in [5, 5.41) is 19.1. The molecule has 0 aliphatic carbocycles. The van der Waals surface area contributed by atoms with Gasteiger partial charge in [0.25, 0.3) is 5.69 Å². The molecular formula is C10H8FNO4. The largest absolute Gasteiger partial charge is 0.478 e. The molecule has 5 nitrogen and oxygen atoms in total. The van der Waals surface area contributed by atoms with Gasteiger partial charge >= 0.3 is 5.97 Å². The maximum Gasteiger partial charge on any atom is 0.328 e. The molecule has 0 radical (unpaired) electrons. The summed E-state index contributed by atoms with van der Waals surface area (Å²) in [5.41, 5.74) is -0.471. The van der Waals surface area contributed by atoms with Crippen molar-refractivity contribution in [2.45, 2.75) is 6.92 Å². The van der Waals surface area contributed by atoms with Gasteiger partial charge in [-0.2, -0.15) is 0 Å². The molecule has 16 heavy (non-hydrogen) atoms. The van der Waals surface area contributed by atoms with Crippen LogP contribution < -0.4 is 0 Å². The van der Waals surface area contributed by atoms with Crippen LogP contribution in [0.1, 0.15) is 11.1 Å². The highest BCUT2D eigenvalue weighted by Gasteiger charge is 2.19. The van der Waals surface area contributed by atoms with Crippen molar-refractivity contribution in [1.82, 2.24) is 0 Å². The average Bonchev–Trinajstić information content (AvgIpc) is 2.18. The summed E-state index contributed by atoms with van der Waals surface area (Å²) >= 11 is 0. The zero-order chi connectivity index (χ0) is 12.3. The van der Waals surface area contributed by atoms with E-state index in [1.165, 1.54) is 13.0 Å². The van der Waals surface area contributed by atoms with Crippen molar-refractivity contribution in [3.63, 3.8) is 0 Å². The number of rotatable bonds is 3. The van der Waals surface area contributed by atoms with E-state index in [-0.39, 0.29) is 11.1 Å². The fourth-order valence-corrected chi connectivity index (χ4v) is 1.25. The van der Waals surface area contributed by atoms with Crippen LogP contribution in [-0.2, 0) is 4.79 Å². The molecule has 0 spiro atoms. The zero-order valence-corrected chi connectivity index (χ0v) is 8.31. The fraction of sp³-hybridized carbons (Fsp3) is 0.100. The topological polar surface area (TPSA) is 80.4 Å². The van der Waals surface area contributed by atoms with Crippen LogP contribution in [0, 0.1) is 22.9 Å². The van der Waals surface area contributed by atoms with Gasteiger partial charge in [-0.25, -0.2) is 9.18 Å². The highest BCUT2D eigenvalue weighted by atomic mass is 19.1. The number of carbonyl (C=O) groups is 1. The number of nitro benzene ring substituents is 1.